The Hall–Kier alpha value is -0.420. The van der Waals surface area contributed by atoms with Gasteiger partial charge in [0.05, 0.1) is 19.3 Å². The Bertz CT molecular complexity index is 317. The maximum Gasteiger partial charge on any atom is 0.159 e. The Morgan fingerprint density at radius 2 is 2.12 bits per heavy atom. The van der Waals surface area contributed by atoms with Gasteiger partial charge in [0, 0.05) is 11.2 Å². The van der Waals surface area contributed by atoms with Crippen LogP contribution in [-0.2, 0) is 16.1 Å². The summed E-state index contributed by atoms with van der Waals surface area (Å²) in [6, 6.07) is 9.98. The molecule has 1 aromatic carbocycles. The standard InChI is InChI=1S/C12H15BrO3/c13-10-6-12(16-8-11(10)14)15-7-9-4-2-1-3-5-9/h1-5,10-12,14H,6-8H2. The zero-order chi connectivity index (χ0) is 11.4. The second-order valence-electron chi connectivity index (χ2n) is 3.88. The lowest BCUT2D eigenvalue weighted by molar-refractivity contribution is -0.189. The molecule has 0 spiro atoms. The highest BCUT2D eigenvalue weighted by atomic mass is 79.9. The van der Waals surface area contributed by atoms with Gasteiger partial charge in [0.15, 0.2) is 6.29 Å². The van der Waals surface area contributed by atoms with Crippen LogP contribution in [0, 0.1) is 0 Å². The van der Waals surface area contributed by atoms with Crippen LogP contribution >= 0.6 is 15.9 Å². The fraction of sp³-hybridized carbons (Fsp3) is 0.500. The quantitative estimate of drug-likeness (QED) is 0.865. The molecule has 4 heteroatoms. The topological polar surface area (TPSA) is 38.7 Å². The summed E-state index contributed by atoms with van der Waals surface area (Å²) in [5.74, 6) is 0. The fourth-order valence-corrected chi connectivity index (χ4v) is 2.06. The smallest absolute Gasteiger partial charge is 0.159 e. The van der Waals surface area contributed by atoms with Crippen molar-refractivity contribution >= 4 is 15.9 Å². The molecular formula is C12H15BrO3. The highest BCUT2D eigenvalue weighted by molar-refractivity contribution is 9.09. The van der Waals surface area contributed by atoms with Crippen LogP contribution in [-0.4, -0.2) is 28.9 Å². The molecule has 0 aliphatic carbocycles. The van der Waals surface area contributed by atoms with Crippen molar-refractivity contribution in [2.45, 2.75) is 30.2 Å². The summed E-state index contributed by atoms with van der Waals surface area (Å²) in [4.78, 5) is 0.0574. The monoisotopic (exact) mass is 286 g/mol. The molecule has 3 unspecified atom stereocenters. The maximum atomic E-state index is 9.45. The summed E-state index contributed by atoms with van der Waals surface area (Å²) in [5, 5.41) is 9.45. The van der Waals surface area contributed by atoms with Gasteiger partial charge in [-0.05, 0) is 5.56 Å². The summed E-state index contributed by atoms with van der Waals surface area (Å²) in [6.07, 6.45) is 0.0122. The van der Waals surface area contributed by atoms with Gasteiger partial charge >= 0.3 is 0 Å². The Morgan fingerprint density at radius 1 is 1.38 bits per heavy atom. The number of alkyl halides is 1. The zero-order valence-electron chi connectivity index (χ0n) is 8.88. The molecule has 0 aromatic heterocycles. The van der Waals surface area contributed by atoms with Crippen molar-refractivity contribution < 1.29 is 14.6 Å². The largest absolute Gasteiger partial charge is 0.390 e. The Morgan fingerprint density at radius 3 is 2.81 bits per heavy atom. The van der Waals surface area contributed by atoms with E-state index in [0.717, 1.165) is 5.56 Å². The summed E-state index contributed by atoms with van der Waals surface area (Å²) in [5.41, 5.74) is 1.13. The number of halogens is 1. The molecule has 1 aliphatic rings. The highest BCUT2D eigenvalue weighted by Gasteiger charge is 2.28. The van der Waals surface area contributed by atoms with Crippen LogP contribution in [0.5, 0.6) is 0 Å². The average molecular weight is 287 g/mol. The molecule has 0 radical (unpaired) electrons. The summed E-state index contributed by atoms with van der Waals surface area (Å²) in [6.45, 7) is 0.872. The van der Waals surface area contributed by atoms with Crippen LogP contribution in [0.15, 0.2) is 30.3 Å². The lowest BCUT2D eigenvalue weighted by atomic mass is 10.1. The van der Waals surface area contributed by atoms with E-state index in [9.17, 15) is 5.11 Å². The number of rotatable bonds is 3. The van der Waals surface area contributed by atoms with Crippen LogP contribution < -0.4 is 0 Å². The van der Waals surface area contributed by atoms with E-state index in [1.807, 2.05) is 30.3 Å². The minimum Gasteiger partial charge on any atom is -0.390 e. The number of aliphatic hydroxyl groups excluding tert-OH is 1. The average Bonchev–Trinajstić information content (AvgIpc) is 2.32. The van der Waals surface area contributed by atoms with Crippen molar-refractivity contribution in [3.8, 4) is 0 Å². The Balaban J connectivity index is 1.79. The third kappa shape index (κ3) is 3.28. The number of benzene rings is 1. The van der Waals surface area contributed by atoms with Gasteiger partial charge < -0.3 is 14.6 Å². The van der Waals surface area contributed by atoms with E-state index in [2.05, 4.69) is 15.9 Å². The van der Waals surface area contributed by atoms with Gasteiger partial charge in [-0.25, -0.2) is 0 Å². The van der Waals surface area contributed by atoms with Crippen molar-refractivity contribution in [1.29, 1.82) is 0 Å². The van der Waals surface area contributed by atoms with Crippen LogP contribution in [0.3, 0.4) is 0 Å². The Kier molecular flexibility index (Phi) is 4.35. The number of aliphatic hydroxyl groups is 1. The molecule has 88 valence electrons. The van der Waals surface area contributed by atoms with E-state index >= 15 is 0 Å². The van der Waals surface area contributed by atoms with E-state index in [1.165, 1.54) is 0 Å². The molecule has 3 atom stereocenters. The first-order valence-corrected chi connectivity index (χ1v) is 6.26. The molecule has 16 heavy (non-hydrogen) atoms. The molecule has 1 saturated heterocycles. The predicted octanol–water partition coefficient (Wildman–Crippen LogP) is 2.07. The molecule has 1 aromatic rings. The minimum absolute atomic E-state index is 0.0574. The highest BCUT2D eigenvalue weighted by Crippen LogP contribution is 2.22. The van der Waals surface area contributed by atoms with Crippen LogP contribution in [0.2, 0.25) is 0 Å². The molecule has 2 rings (SSSR count). The summed E-state index contributed by atoms with van der Waals surface area (Å²) >= 11 is 3.41. The van der Waals surface area contributed by atoms with Crippen molar-refractivity contribution in [3.05, 3.63) is 35.9 Å². The van der Waals surface area contributed by atoms with Crippen molar-refractivity contribution in [3.63, 3.8) is 0 Å². The molecule has 3 nitrogen and oxygen atoms in total. The second-order valence-corrected chi connectivity index (χ2v) is 5.05. The fourth-order valence-electron chi connectivity index (χ4n) is 1.60. The van der Waals surface area contributed by atoms with Crippen LogP contribution in [0.25, 0.3) is 0 Å². The van der Waals surface area contributed by atoms with Gasteiger partial charge in [-0.1, -0.05) is 46.3 Å². The summed E-state index contributed by atoms with van der Waals surface area (Å²) < 4.78 is 11.0. The SMILES string of the molecule is OC1COC(OCc2ccccc2)CC1Br. The predicted molar refractivity (Wildman–Crippen MR) is 64.3 cm³/mol. The lowest BCUT2D eigenvalue weighted by Gasteiger charge is -2.30. The lowest BCUT2D eigenvalue weighted by Crippen LogP contribution is -2.39. The van der Waals surface area contributed by atoms with Gasteiger partial charge in [-0.2, -0.15) is 0 Å². The van der Waals surface area contributed by atoms with Crippen LogP contribution in [0.4, 0.5) is 0 Å². The first-order chi connectivity index (χ1) is 7.75. The van der Waals surface area contributed by atoms with Crippen molar-refractivity contribution in [2.24, 2.45) is 0 Å². The number of ether oxygens (including phenoxy) is 2. The molecule has 1 fully saturated rings. The third-order valence-corrected chi connectivity index (χ3v) is 3.55. The molecule has 1 N–H and O–H groups in total. The molecule has 1 aliphatic heterocycles. The minimum atomic E-state index is -0.434. The van der Waals surface area contributed by atoms with Gasteiger partial charge in [0.1, 0.15) is 0 Å². The normalized spacial score (nSPS) is 30.2. The van der Waals surface area contributed by atoms with E-state index in [0.29, 0.717) is 19.6 Å². The van der Waals surface area contributed by atoms with Gasteiger partial charge in [-0.15, -0.1) is 0 Å². The van der Waals surface area contributed by atoms with Crippen LogP contribution in [0.1, 0.15) is 12.0 Å². The van der Waals surface area contributed by atoms with Crippen molar-refractivity contribution in [2.75, 3.05) is 6.61 Å². The first-order valence-electron chi connectivity index (χ1n) is 5.35. The number of hydrogen-bond acceptors (Lipinski definition) is 3. The molecule has 1 heterocycles. The maximum absolute atomic E-state index is 9.45. The van der Waals surface area contributed by atoms with E-state index in [-0.39, 0.29) is 11.1 Å². The van der Waals surface area contributed by atoms with E-state index in [1.54, 1.807) is 0 Å². The first kappa shape index (κ1) is 12.0. The molecule has 0 saturated carbocycles. The third-order valence-electron chi connectivity index (χ3n) is 2.57. The van der Waals surface area contributed by atoms with Gasteiger partial charge in [-0.3, -0.25) is 0 Å². The zero-order valence-corrected chi connectivity index (χ0v) is 10.5. The number of hydrogen-bond donors (Lipinski definition) is 1. The van der Waals surface area contributed by atoms with Crippen molar-refractivity contribution in [1.82, 2.24) is 0 Å². The van der Waals surface area contributed by atoms with Gasteiger partial charge in [0.25, 0.3) is 0 Å². The van der Waals surface area contributed by atoms with Gasteiger partial charge in [0.2, 0.25) is 0 Å². The molecule has 0 amide bonds. The summed E-state index contributed by atoms with van der Waals surface area (Å²) in [7, 11) is 0. The molecular weight excluding hydrogens is 272 g/mol. The van der Waals surface area contributed by atoms with E-state index in [4.69, 9.17) is 9.47 Å². The van der Waals surface area contributed by atoms with E-state index < -0.39 is 6.10 Å². The Labute approximate surface area is 104 Å². The second kappa shape index (κ2) is 5.77. The molecule has 0 bridgehead atoms.